The Morgan fingerprint density at radius 3 is 2.39 bits per heavy atom. The van der Waals surface area contributed by atoms with Crippen molar-refractivity contribution in [3.63, 3.8) is 0 Å². The number of rotatable bonds is 5. The molecule has 1 fully saturated rings. The number of carbonyl (C=O) groups is 2. The van der Waals surface area contributed by atoms with Crippen LogP contribution in [0.4, 0.5) is 5.69 Å². The van der Waals surface area contributed by atoms with E-state index in [0.717, 1.165) is 10.8 Å². The molecule has 0 spiro atoms. The Labute approximate surface area is 161 Å². The van der Waals surface area contributed by atoms with Crippen molar-refractivity contribution in [1.29, 1.82) is 5.26 Å². The number of hydrogen-bond acceptors (Lipinski definition) is 4. The van der Waals surface area contributed by atoms with E-state index in [1.165, 1.54) is 0 Å². The maximum Gasteiger partial charge on any atom is 0.319 e. The number of aliphatic carboxylic acids is 1. The van der Waals surface area contributed by atoms with Gasteiger partial charge in [0.25, 0.3) is 0 Å². The predicted octanol–water partition coefficient (Wildman–Crippen LogP) is 4.31. The number of nitriles is 1. The van der Waals surface area contributed by atoms with E-state index in [2.05, 4.69) is 11.4 Å². The smallest absolute Gasteiger partial charge is 0.319 e. The number of anilines is 1. The standard InChI is InChI=1S/C22H16N2O4/c23-13-14-4-7-16(8-5-14)28-17-9-6-15-2-1-3-19(18(15)12-17)24-20(25)22(10-11-22)21(26)27/h1-9,12H,10-11H2,(H,24,25)(H,26,27). The molecule has 0 aromatic heterocycles. The Hall–Kier alpha value is -3.85. The fourth-order valence-electron chi connectivity index (χ4n) is 3.06. The first-order chi connectivity index (χ1) is 13.5. The molecule has 0 aliphatic heterocycles. The molecule has 138 valence electrons. The topological polar surface area (TPSA) is 99.4 Å². The molecule has 28 heavy (non-hydrogen) atoms. The Kier molecular flexibility index (Phi) is 4.21. The van der Waals surface area contributed by atoms with Crippen LogP contribution in [0.25, 0.3) is 10.8 Å². The van der Waals surface area contributed by atoms with Crippen LogP contribution < -0.4 is 10.1 Å². The Bertz CT molecular complexity index is 1130. The van der Waals surface area contributed by atoms with Crippen LogP contribution in [-0.2, 0) is 9.59 Å². The van der Waals surface area contributed by atoms with Gasteiger partial charge >= 0.3 is 5.97 Å². The van der Waals surface area contributed by atoms with E-state index in [1.807, 2.05) is 18.2 Å². The van der Waals surface area contributed by atoms with Crippen molar-refractivity contribution in [1.82, 2.24) is 0 Å². The zero-order valence-corrected chi connectivity index (χ0v) is 14.8. The summed E-state index contributed by atoms with van der Waals surface area (Å²) in [5.74, 6) is -0.429. The third-order valence-electron chi connectivity index (χ3n) is 4.91. The van der Waals surface area contributed by atoms with Crippen molar-refractivity contribution < 1.29 is 19.4 Å². The normalized spacial score (nSPS) is 14.1. The van der Waals surface area contributed by atoms with Gasteiger partial charge in [0.05, 0.1) is 11.6 Å². The molecule has 0 heterocycles. The number of carboxylic acid groups (broad SMARTS) is 1. The lowest BCUT2D eigenvalue weighted by Crippen LogP contribution is -2.31. The highest BCUT2D eigenvalue weighted by Gasteiger charge is 2.57. The van der Waals surface area contributed by atoms with E-state index in [1.54, 1.807) is 42.5 Å². The summed E-state index contributed by atoms with van der Waals surface area (Å²) in [6, 6.07) is 19.7. The summed E-state index contributed by atoms with van der Waals surface area (Å²) in [6.07, 6.45) is 0.706. The van der Waals surface area contributed by atoms with Gasteiger partial charge in [0, 0.05) is 11.1 Å². The third kappa shape index (κ3) is 3.14. The van der Waals surface area contributed by atoms with Gasteiger partial charge in [-0.2, -0.15) is 5.26 Å². The van der Waals surface area contributed by atoms with Gasteiger partial charge in [0.1, 0.15) is 16.9 Å². The fraction of sp³-hybridized carbons (Fsp3) is 0.136. The van der Waals surface area contributed by atoms with Crippen molar-refractivity contribution >= 4 is 28.3 Å². The van der Waals surface area contributed by atoms with E-state index in [0.29, 0.717) is 35.6 Å². The molecule has 1 saturated carbocycles. The first-order valence-corrected chi connectivity index (χ1v) is 8.77. The lowest BCUT2D eigenvalue weighted by Gasteiger charge is -2.14. The van der Waals surface area contributed by atoms with Gasteiger partial charge in [-0.3, -0.25) is 9.59 Å². The van der Waals surface area contributed by atoms with Crippen molar-refractivity contribution in [3.05, 3.63) is 66.2 Å². The quantitative estimate of drug-likeness (QED) is 0.650. The predicted molar refractivity (Wildman–Crippen MR) is 103 cm³/mol. The number of amides is 1. The van der Waals surface area contributed by atoms with Crippen LogP contribution in [0, 0.1) is 16.7 Å². The summed E-state index contributed by atoms with van der Waals surface area (Å²) < 4.78 is 5.85. The maximum absolute atomic E-state index is 12.5. The lowest BCUT2D eigenvalue weighted by molar-refractivity contribution is -0.147. The Morgan fingerprint density at radius 1 is 1.04 bits per heavy atom. The molecule has 2 N–H and O–H groups in total. The lowest BCUT2D eigenvalue weighted by atomic mass is 10.0. The summed E-state index contributed by atoms with van der Waals surface area (Å²) in [5, 5.41) is 22.6. The highest BCUT2D eigenvalue weighted by Crippen LogP contribution is 2.47. The summed E-state index contributed by atoms with van der Waals surface area (Å²) in [4.78, 5) is 23.8. The number of ether oxygens (including phenoxy) is 1. The minimum Gasteiger partial charge on any atom is -0.480 e. The zero-order valence-electron chi connectivity index (χ0n) is 14.8. The molecule has 3 aromatic rings. The highest BCUT2D eigenvalue weighted by atomic mass is 16.5. The molecule has 4 rings (SSSR count). The van der Waals surface area contributed by atoms with Crippen LogP contribution in [-0.4, -0.2) is 17.0 Å². The second kappa shape index (κ2) is 6.71. The molecular formula is C22H16N2O4. The zero-order chi connectivity index (χ0) is 19.7. The Morgan fingerprint density at radius 2 is 1.75 bits per heavy atom. The van der Waals surface area contributed by atoms with E-state index in [-0.39, 0.29) is 0 Å². The molecule has 0 radical (unpaired) electrons. The summed E-state index contributed by atoms with van der Waals surface area (Å²) >= 11 is 0. The molecule has 0 bridgehead atoms. The number of carboxylic acids is 1. The first-order valence-electron chi connectivity index (χ1n) is 8.77. The van der Waals surface area contributed by atoms with Gasteiger partial charge < -0.3 is 15.2 Å². The Balaban J connectivity index is 1.63. The molecule has 6 nitrogen and oxygen atoms in total. The summed E-state index contributed by atoms with van der Waals surface area (Å²) in [7, 11) is 0. The summed E-state index contributed by atoms with van der Waals surface area (Å²) in [6.45, 7) is 0. The van der Waals surface area contributed by atoms with Crippen LogP contribution in [0.15, 0.2) is 60.7 Å². The number of nitrogens with zero attached hydrogens (tertiary/aromatic N) is 1. The molecule has 0 atom stereocenters. The number of carbonyl (C=O) groups excluding carboxylic acids is 1. The largest absolute Gasteiger partial charge is 0.480 e. The molecular weight excluding hydrogens is 356 g/mol. The van der Waals surface area contributed by atoms with E-state index in [4.69, 9.17) is 10.00 Å². The van der Waals surface area contributed by atoms with Gasteiger partial charge in [0.2, 0.25) is 5.91 Å². The van der Waals surface area contributed by atoms with E-state index < -0.39 is 17.3 Å². The first kappa shape index (κ1) is 17.6. The van der Waals surface area contributed by atoms with Gasteiger partial charge in [0.15, 0.2) is 0 Å². The number of fused-ring (bicyclic) bond motifs is 1. The average Bonchev–Trinajstić information content (AvgIpc) is 3.51. The molecule has 1 aliphatic carbocycles. The van der Waals surface area contributed by atoms with Crippen molar-refractivity contribution in [2.24, 2.45) is 5.41 Å². The molecule has 0 saturated heterocycles. The van der Waals surface area contributed by atoms with Gasteiger partial charge in [-0.15, -0.1) is 0 Å². The minimum absolute atomic E-state index is 0.353. The van der Waals surface area contributed by atoms with Crippen LogP contribution in [0.2, 0.25) is 0 Å². The van der Waals surface area contributed by atoms with Crippen molar-refractivity contribution in [2.75, 3.05) is 5.32 Å². The number of hydrogen-bond donors (Lipinski definition) is 2. The monoisotopic (exact) mass is 372 g/mol. The SMILES string of the molecule is N#Cc1ccc(Oc2ccc3cccc(NC(=O)C4(C(=O)O)CC4)c3c2)cc1. The highest BCUT2D eigenvalue weighted by molar-refractivity contribution is 6.13. The molecule has 1 aliphatic rings. The maximum atomic E-state index is 12.5. The molecule has 6 heteroatoms. The van der Waals surface area contributed by atoms with Crippen LogP contribution in [0.1, 0.15) is 18.4 Å². The summed E-state index contributed by atoms with van der Waals surface area (Å²) in [5.41, 5.74) is -0.220. The van der Waals surface area contributed by atoms with Crippen molar-refractivity contribution in [3.8, 4) is 17.6 Å². The third-order valence-corrected chi connectivity index (χ3v) is 4.91. The van der Waals surface area contributed by atoms with Gasteiger partial charge in [-0.05, 0) is 60.7 Å². The number of benzene rings is 3. The van der Waals surface area contributed by atoms with E-state index in [9.17, 15) is 14.7 Å². The second-order valence-electron chi connectivity index (χ2n) is 6.77. The minimum atomic E-state index is -1.31. The van der Waals surface area contributed by atoms with Gasteiger partial charge in [-0.1, -0.05) is 18.2 Å². The van der Waals surface area contributed by atoms with Crippen molar-refractivity contribution in [2.45, 2.75) is 12.8 Å². The van der Waals surface area contributed by atoms with E-state index >= 15 is 0 Å². The molecule has 0 unspecified atom stereocenters. The molecule has 3 aromatic carbocycles. The van der Waals surface area contributed by atoms with Crippen LogP contribution in [0.3, 0.4) is 0 Å². The number of nitrogens with one attached hydrogen (secondary N) is 1. The van der Waals surface area contributed by atoms with Crippen LogP contribution >= 0.6 is 0 Å². The average molecular weight is 372 g/mol. The molecule has 1 amide bonds. The second-order valence-corrected chi connectivity index (χ2v) is 6.77. The van der Waals surface area contributed by atoms with Crippen LogP contribution in [0.5, 0.6) is 11.5 Å². The van der Waals surface area contributed by atoms with Gasteiger partial charge in [-0.25, -0.2) is 0 Å². The fourth-order valence-corrected chi connectivity index (χ4v) is 3.06.